The maximum Gasteiger partial charge on any atom is 0.257 e. The summed E-state index contributed by atoms with van der Waals surface area (Å²) in [5.74, 6) is -0.912. The second-order valence-corrected chi connectivity index (χ2v) is 7.57. The molecule has 0 saturated carbocycles. The molecule has 2 aromatic carbocycles. The summed E-state index contributed by atoms with van der Waals surface area (Å²) in [6.45, 7) is 2.42. The quantitative estimate of drug-likeness (QED) is 0.348. The van der Waals surface area contributed by atoms with E-state index in [-0.39, 0.29) is 30.3 Å². The average molecular weight is 465 g/mol. The number of rotatable bonds is 10. The third-order valence-corrected chi connectivity index (χ3v) is 5.12. The van der Waals surface area contributed by atoms with Gasteiger partial charge in [-0.25, -0.2) is 4.39 Å². The van der Waals surface area contributed by atoms with E-state index in [4.69, 9.17) is 9.57 Å². The number of hydrogen-bond acceptors (Lipinski definition) is 6. The van der Waals surface area contributed by atoms with Crippen molar-refractivity contribution < 1.29 is 18.8 Å². The van der Waals surface area contributed by atoms with Crippen molar-refractivity contribution in [1.29, 1.82) is 0 Å². The molecule has 0 fully saturated rings. The number of aromatic amines is 1. The number of H-pyrrole nitrogens is 1. The van der Waals surface area contributed by atoms with Crippen molar-refractivity contribution in [2.45, 2.75) is 32.9 Å². The summed E-state index contributed by atoms with van der Waals surface area (Å²) >= 11 is 0. The van der Waals surface area contributed by atoms with E-state index in [9.17, 15) is 14.0 Å². The third kappa shape index (κ3) is 5.22. The molecule has 2 aromatic heterocycles. The Labute approximate surface area is 194 Å². The average Bonchev–Trinajstić information content (AvgIpc) is 3.27. The number of pyridine rings is 1. The Morgan fingerprint density at radius 3 is 2.76 bits per heavy atom. The Balaban J connectivity index is 1.53. The van der Waals surface area contributed by atoms with Gasteiger partial charge in [0.2, 0.25) is 5.43 Å². The highest BCUT2D eigenvalue weighted by Gasteiger charge is 2.19. The zero-order valence-corrected chi connectivity index (χ0v) is 18.6. The van der Waals surface area contributed by atoms with Crippen LogP contribution in [0, 0.1) is 5.82 Å². The molecule has 0 saturated heterocycles. The van der Waals surface area contributed by atoms with Gasteiger partial charge in [0.1, 0.15) is 28.1 Å². The van der Waals surface area contributed by atoms with Gasteiger partial charge in [0.05, 0.1) is 6.61 Å². The van der Waals surface area contributed by atoms with E-state index < -0.39 is 11.3 Å². The maximum atomic E-state index is 13.1. The van der Waals surface area contributed by atoms with Crippen LogP contribution in [0.1, 0.15) is 41.4 Å². The van der Waals surface area contributed by atoms with E-state index in [0.29, 0.717) is 28.9 Å². The van der Waals surface area contributed by atoms with Crippen LogP contribution in [-0.4, -0.2) is 32.7 Å². The fourth-order valence-electron chi connectivity index (χ4n) is 3.25. The first kappa shape index (κ1) is 23.0. The number of carbonyl (C=O) groups is 1. The number of hydrogen-bond donors (Lipinski definition) is 2. The normalized spacial score (nSPS) is 10.9. The lowest BCUT2D eigenvalue weighted by Crippen LogP contribution is -2.30. The van der Waals surface area contributed by atoms with Gasteiger partial charge in [-0.3, -0.25) is 9.59 Å². The number of unbranched alkanes of at least 4 members (excludes halogenated alkanes) is 1. The predicted molar refractivity (Wildman–Crippen MR) is 123 cm³/mol. The monoisotopic (exact) mass is 465 g/mol. The molecule has 1 amide bonds. The molecule has 2 heterocycles. The fraction of sp³-hybridized carbons (Fsp3) is 0.250. The number of para-hydroxylation sites is 1. The summed E-state index contributed by atoms with van der Waals surface area (Å²) in [6, 6.07) is 13.0. The summed E-state index contributed by atoms with van der Waals surface area (Å²) in [5.41, 5.74) is 1.78. The van der Waals surface area contributed by atoms with Crippen LogP contribution < -0.4 is 20.3 Å². The van der Waals surface area contributed by atoms with Crippen molar-refractivity contribution in [2.24, 2.45) is 0 Å². The second-order valence-electron chi connectivity index (χ2n) is 7.57. The molecular weight excluding hydrogens is 441 g/mol. The van der Waals surface area contributed by atoms with Gasteiger partial charge in [-0.1, -0.05) is 42.5 Å². The number of fused-ring (bicyclic) bond motifs is 1. The molecule has 10 heteroatoms. The molecule has 4 aromatic rings. The van der Waals surface area contributed by atoms with E-state index in [1.54, 1.807) is 12.1 Å². The number of aromatic nitrogens is 4. The van der Waals surface area contributed by atoms with Gasteiger partial charge in [0.15, 0.2) is 12.4 Å². The van der Waals surface area contributed by atoms with E-state index in [1.165, 1.54) is 23.2 Å². The van der Waals surface area contributed by atoms with E-state index in [1.807, 2.05) is 31.2 Å². The van der Waals surface area contributed by atoms with E-state index in [0.717, 1.165) is 12.8 Å². The molecule has 176 valence electrons. The Hall–Kier alpha value is -4.21. The predicted octanol–water partition coefficient (Wildman–Crippen LogP) is 3.00. The second kappa shape index (κ2) is 10.6. The Bertz CT molecular complexity index is 1330. The van der Waals surface area contributed by atoms with Crippen LogP contribution in [0.15, 0.2) is 59.5 Å². The van der Waals surface area contributed by atoms with Crippen LogP contribution in [0.25, 0.3) is 11.0 Å². The van der Waals surface area contributed by atoms with E-state index >= 15 is 0 Å². The van der Waals surface area contributed by atoms with Gasteiger partial charge in [0.25, 0.3) is 5.91 Å². The van der Waals surface area contributed by atoms with Crippen molar-refractivity contribution >= 4 is 16.9 Å². The molecule has 2 N–H and O–H groups in total. The minimum atomic E-state index is -0.569. The summed E-state index contributed by atoms with van der Waals surface area (Å²) in [7, 11) is 0. The zero-order valence-electron chi connectivity index (χ0n) is 18.6. The molecule has 9 nitrogen and oxygen atoms in total. The lowest BCUT2D eigenvalue weighted by Gasteiger charge is -2.13. The molecule has 0 aliphatic carbocycles. The van der Waals surface area contributed by atoms with Crippen LogP contribution >= 0.6 is 0 Å². The lowest BCUT2D eigenvalue weighted by atomic mass is 10.2. The Morgan fingerprint density at radius 2 is 1.97 bits per heavy atom. The van der Waals surface area contributed by atoms with Gasteiger partial charge in [-0.2, -0.15) is 0 Å². The molecule has 0 unspecified atom stereocenters. The standard InChI is InChI=1S/C24H24FN5O4/c1-2-3-12-33-23-20(15-34-30-21-7-5-4-6-19(21)28-29-30)26-14-18(22(23)31)24(32)27-13-16-8-10-17(25)11-9-16/h4-11,14H,2-3,12-13,15H2,1H3,(H,26,31)(H,27,32). The smallest absolute Gasteiger partial charge is 0.257 e. The molecule has 0 bridgehead atoms. The van der Waals surface area contributed by atoms with Crippen molar-refractivity contribution in [3.8, 4) is 5.75 Å². The molecule has 0 radical (unpaired) electrons. The zero-order chi connectivity index (χ0) is 23.9. The summed E-state index contributed by atoms with van der Waals surface area (Å²) in [4.78, 5) is 35.7. The van der Waals surface area contributed by atoms with Crippen LogP contribution in [0.4, 0.5) is 4.39 Å². The molecule has 34 heavy (non-hydrogen) atoms. The summed E-state index contributed by atoms with van der Waals surface area (Å²) in [5, 5.41) is 10.7. The molecule has 4 rings (SSSR count). The van der Waals surface area contributed by atoms with Crippen LogP contribution in [0.2, 0.25) is 0 Å². The number of ether oxygens (including phenoxy) is 1. The first-order chi connectivity index (χ1) is 16.6. The Kier molecular flexibility index (Phi) is 7.16. The molecule has 0 atom stereocenters. The molecular formula is C24H24FN5O4. The summed E-state index contributed by atoms with van der Waals surface area (Å²) in [6.07, 6.45) is 2.95. The minimum Gasteiger partial charge on any atom is -0.488 e. The van der Waals surface area contributed by atoms with E-state index in [2.05, 4.69) is 20.6 Å². The highest BCUT2D eigenvalue weighted by atomic mass is 19.1. The van der Waals surface area contributed by atoms with Crippen LogP contribution in [0.3, 0.4) is 0 Å². The van der Waals surface area contributed by atoms with Crippen LogP contribution in [0.5, 0.6) is 5.75 Å². The maximum absolute atomic E-state index is 13.1. The van der Waals surface area contributed by atoms with Crippen molar-refractivity contribution in [3.63, 3.8) is 0 Å². The van der Waals surface area contributed by atoms with Gasteiger partial charge in [-0.15, -0.1) is 5.10 Å². The van der Waals surface area contributed by atoms with Crippen molar-refractivity contribution in [2.75, 3.05) is 6.61 Å². The van der Waals surface area contributed by atoms with Gasteiger partial charge in [-0.05, 0) is 41.5 Å². The number of nitrogens with one attached hydrogen (secondary N) is 2. The Morgan fingerprint density at radius 1 is 1.18 bits per heavy atom. The largest absolute Gasteiger partial charge is 0.488 e. The van der Waals surface area contributed by atoms with Crippen LogP contribution in [-0.2, 0) is 13.2 Å². The number of nitrogens with zero attached hydrogens (tertiary/aromatic N) is 3. The first-order valence-corrected chi connectivity index (χ1v) is 10.9. The minimum absolute atomic E-state index is 0.0207. The topological polar surface area (TPSA) is 111 Å². The lowest BCUT2D eigenvalue weighted by molar-refractivity contribution is 0.0710. The highest BCUT2D eigenvalue weighted by molar-refractivity contribution is 5.94. The van der Waals surface area contributed by atoms with Crippen molar-refractivity contribution in [1.82, 2.24) is 25.5 Å². The van der Waals surface area contributed by atoms with Crippen molar-refractivity contribution in [3.05, 3.63) is 87.6 Å². The number of halogens is 1. The van der Waals surface area contributed by atoms with Gasteiger partial charge < -0.3 is 19.9 Å². The summed E-state index contributed by atoms with van der Waals surface area (Å²) < 4.78 is 18.8. The first-order valence-electron chi connectivity index (χ1n) is 10.9. The van der Waals surface area contributed by atoms with Gasteiger partial charge >= 0.3 is 0 Å². The number of amides is 1. The van der Waals surface area contributed by atoms with Gasteiger partial charge in [0, 0.05) is 12.7 Å². The third-order valence-electron chi connectivity index (χ3n) is 5.12. The number of carbonyl (C=O) groups excluding carboxylic acids is 1. The molecule has 0 spiro atoms. The fourth-order valence-corrected chi connectivity index (χ4v) is 3.25. The molecule has 0 aliphatic heterocycles. The highest BCUT2D eigenvalue weighted by Crippen LogP contribution is 2.15. The number of benzene rings is 2. The SMILES string of the molecule is CCCCOc1c(COn2nnc3ccccc32)[nH]cc(C(=O)NCc2ccc(F)cc2)c1=O. The molecule has 0 aliphatic rings.